The number of rotatable bonds is 8. The van der Waals surface area contributed by atoms with Gasteiger partial charge in [0.25, 0.3) is 0 Å². The third-order valence-corrected chi connectivity index (χ3v) is 3.50. The van der Waals surface area contributed by atoms with Gasteiger partial charge in [-0.15, -0.1) is 0 Å². The molecule has 1 aromatic rings. The van der Waals surface area contributed by atoms with Crippen molar-refractivity contribution in [3.8, 4) is 0 Å². The van der Waals surface area contributed by atoms with Gasteiger partial charge in [0.15, 0.2) is 0 Å². The quantitative estimate of drug-likeness (QED) is 0.410. The van der Waals surface area contributed by atoms with Crippen molar-refractivity contribution in [3.05, 3.63) is 0 Å². The average Bonchev–Trinajstić information content (AvgIpc) is 3.05. The van der Waals surface area contributed by atoms with Crippen LogP contribution >= 0.6 is 0 Å². The lowest BCUT2D eigenvalue weighted by Crippen LogP contribution is -2.31. The molecule has 1 fully saturated rings. The molecule has 0 spiro atoms. The smallest absolute Gasteiger partial charge is 0.243 e. The highest BCUT2D eigenvalue weighted by Crippen LogP contribution is 2.19. The van der Waals surface area contributed by atoms with Crippen molar-refractivity contribution in [1.82, 2.24) is 15.0 Å². The van der Waals surface area contributed by atoms with Crippen LogP contribution in [-0.4, -0.2) is 54.3 Å². The van der Waals surface area contributed by atoms with Crippen molar-refractivity contribution in [2.75, 3.05) is 54.6 Å². The van der Waals surface area contributed by atoms with Crippen LogP contribution in [0.15, 0.2) is 0 Å². The molecule has 0 saturated carbocycles. The third-order valence-electron chi connectivity index (χ3n) is 3.50. The fraction of sp³-hybridized carbons (Fsp3) is 0.769. The number of hydrogen-bond donors (Lipinski definition) is 2. The van der Waals surface area contributed by atoms with Crippen LogP contribution in [0.25, 0.3) is 0 Å². The van der Waals surface area contributed by atoms with Crippen LogP contribution in [-0.2, 0) is 4.74 Å². The zero-order valence-corrected chi connectivity index (χ0v) is 12.9. The Labute approximate surface area is 125 Å². The number of hydrazine groups is 1. The lowest BCUT2D eigenvalue weighted by Gasteiger charge is -2.23. The summed E-state index contributed by atoms with van der Waals surface area (Å²) in [6, 6.07) is 0. The fourth-order valence-electron chi connectivity index (χ4n) is 2.34. The van der Waals surface area contributed by atoms with Crippen LogP contribution in [0.4, 0.5) is 17.8 Å². The summed E-state index contributed by atoms with van der Waals surface area (Å²) in [7, 11) is 0. The van der Waals surface area contributed by atoms with Crippen LogP contribution in [0, 0.1) is 0 Å². The second kappa shape index (κ2) is 7.94. The highest BCUT2D eigenvalue weighted by atomic mass is 16.5. The summed E-state index contributed by atoms with van der Waals surface area (Å²) >= 11 is 0. The molecule has 0 atom stereocenters. The van der Waals surface area contributed by atoms with E-state index in [4.69, 9.17) is 10.6 Å². The normalized spacial score (nSPS) is 14.5. The summed E-state index contributed by atoms with van der Waals surface area (Å²) in [6.07, 6.45) is 2.35. The summed E-state index contributed by atoms with van der Waals surface area (Å²) in [5, 5.41) is 0. The lowest BCUT2D eigenvalue weighted by molar-refractivity contribution is 0.153. The van der Waals surface area contributed by atoms with Gasteiger partial charge >= 0.3 is 0 Å². The first-order valence-electron chi connectivity index (χ1n) is 7.58. The number of anilines is 3. The molecule has 2 rings (SSSR count). The minimum absolute atomic E-state index is 0.400. The largest absolute Gasteiger partial charge is 0.380 e. The Bertz CT molecular complexity index is 437. The Morgan fingerprint density at radius 2 is 2.00 bits per heavy atom. The number of nitrogens with zero attached hydrogens (tertiary/aromatic N) is 5. The molecule has 0 bridgehead atoms. The summed E-state index contributed by atoms with van der Waals surface area (Å²) in [5.74, 6) is 7.22. The molecular formula is C13H25N7O. The van der Waals surface area contributed by atoms with Crippen molar-refractivity contribution < 1.29 is 4.74 Å². The van der Waals surface area contributed by atoms with Gasteiger partial charge in [-0.25, -0.2) is 5.84 Å². The average molecular weight is 295 g/mol. The number of aromatic nitrogens is 3. The molecule has 0 aliphatic carbocycles. The summed E-state index contributed by atoms with van der Waals surface area (Å²) in [5.41, 5.74) is 2.53. The minimum Gasteiger partial charge on any atom is -0.380 e. The third kappa shape index (κ3) is 4.15. The molecule has 0 radical (unpaired) electrons. The SMILES string of the molecule is CCOCCN(CC)c1nc(NN)nc(N2CCCC2)n1. The van der Waals surface area contributed by atoms with E-state index in [1.54, 1.807) is 0 Å². The topological polar surface area (TPSA) is 92.4 Å². The first kappa shape index (κ1) is 15.7. The first-order valence-corrected chi connectivity index (χ1v) is 7.58. The van der Waals surface area contributed by atoms with Gasteiger partial charge in [0.2, 0.25) is 17.8 Å². The van der Waals surface area contributed by atoms with Crippen LogP contribution in [0.1, 0.15) is 26.7 Å². The van der Waals surface area contributed by atoms with E-state index in [1.165, 1.54) is 12.8 Å². The van der Waals surface area contributed by atoms with Crippen molar-refractivity contribution in [2.45, 2.75) is 26.7 Å². The van der Waals surface area contributed by atoms with Gasteiger partial charge in [-0.1, -0.05) is 0 Å². The molecule has 0 amide bonds. The first-order chi connectivity index (χ1) is 10.3. The molecule has 8 heteroatoms. The van der Waals surface area contributed by atoms with Crippen LogP contribution in [0.2, 0.25) is 0 Å². The zero-order valence-electron chi connectivity index (χ0n) is 12.9. The number of nitrogens with one attached hydrogen (secondary N) is 1. The lowest BCUT2D eigenvalue weighted by atomic mass is 10.4. The number of nitrogens with two attached hydrogens (primary N) is 1. The van der Waals surface area contributed by atoms with Gasteiger partial charge in [-0.05, 0) is 26.7 Å². The predicted molar refractivity (Wildman–Crippen MR) is 83.5 cm³/mol. The number of ether oxygens (including phenoxy) is 1. The van der Waals surface area contributed by atoms with E-state index in [0.29, 0.717) is 31.1 Å². The van der Waals surface area contributed by atoms with Gasteiger partial charge in [0.05, 0.1) is 6.61 Å². The number of likely N-dealkylation sites (N-methyl/N-ethyl adjacent to an activating group) is 1. The molecule has 1 aliphatic heterocycles. The monoisotopic (exact) mass is 295 g/mol. The molecule has 2 heterocycles. The molecule has 21 heavy (non-hydrogen) atoms. The Morgan fingerprint density at radius 1 is 1.24 bits per heavy atom. The maximum atomic E-state index is 5.49. The molecular weight excluding hydrogens is 270 g/mol. The van der Waals surface area contributed by atoms with Crippen molar-refractivity contribution in [3.63, 3.8) is 0 Å². The number of hydrogen-bond acceptors (Lipinski definition) is 8. The Hall–Kier alpha value is -1.67. The second-order valence-corrected chi connectivity index (χ2v) is 4.87. The van der Waals surface area contributed by atoms with Gasteiger partial charge in [-0.2, -0.15) is 15.0 Å². The van der Waals surface area contributed by atoms with Crippen molar-refractivity contribution in [1.29, 1.82) is 0 Å². The van der Waals surface area contributed by atoms with E-state index in [9.17, 15) is 0 Å². The summed E-state index contributed by atoms with van der Waals surface area (Å²) in [4.78, 5) is 17.5. The van der Waals surface area contributed by atoms with Crippen LogP contribution < -0.4 is 21.1 Å². The standard InChI is InChI=1S/C13H25N7O/c1-3-19(9-10-21-4-2)12-15-11(18-14)16-13(17-12)20-7-5-6-8-20/h3-10,14H2,1-2H3,(H,15,16,17,18). The maximum Gasteiger partial charge on any atom is 0.243 e. The van der Waals surface area contributed by atoms with Gasteiger partial charge in [-0.3, -0.25) is 5.43 Å². The molecule has 1 aromatic heterocycles. The van der Waals surface area contributed by atoms with Gasteiger partial charge in [0.1, 0.15) is 0 Å². The fourth-order valence-corrected chi connectivity index (χ4v) is 2.34. The Kier molecular flexibility index (Phi) is 5.94. The number of nitrogen functional groups attached to an aromatic ring is 1. The molecule has 8 nitrogen and oxygen atoms in total. The molecule has 0 aromatic carbocycles. The van der Waals surface area contributed by atoms with Crippen molar-refractivity contribution in [2.24, 2.45) is 5.84 Å². The Balaban J connectivity index is 2.17. The molecule has 1 aliphatic rings. The van der Waals surface area contributed by atoms with E-state index >= 15 is 0 Å². The second-order valence-electron chi connectivity index (χ2n) is 4.87. The van der Waals surface area contributed by atoms with Crippen molar-refractivity contribution >= 4 is 17.8 Å². The maximum absolute atomic E-state index is 5.49. The van der Waals surface area contributed by atoms with E-state index in [1.807, 2.05) is 6.92 Å². The summed E-state index contributed by atoms with van der Waals surface area (Å²) < 4.78 is 5.41. The highest BCUT2D eigenvalue weighted by molar-refractivity contribution is 5.45. The van der Waals surface area contributed by atoms with Gasteiger partial charge < -0.3 is 14.5 Å². The molecule has 3 N–H and O–H groups in total. The minimum atomic E-state index is 0.400. The van der Waals surface area contributed by atoms with Gasteiger partial charge in [0, 0.05) is 32.8 Å². The molecule has 118 valence electrons. The van der Waals surface area contributed by atoms with E-state index in [0.717, 1.165) is 26.2 Å². The predicted octanol–water partition coefficient (Wildman–Crippen LogP) is 0.620. The van der Waals surface area contributed by atoms with E-state index in [-0.39, 0.29) is 0 Å². The highest BCUT2D eigenvalue weighted by Gasteiger charge is 2.19. The molecule has 0 unspecified atom stereocenters. The van der Waals surface area contributed by atoms with E-state index < -0.39 is 0 Å². The summed E-state index contributed by atoms with van der Waals surface area (Å²) in [6.45, 7) is 8.95. The zero-order chi connectivity index (χ0) is 15.1. The van der Waals surface area contributed by atoms with Crippen LogP contribution in [0.5, 0.6) is 0 Å². The van der Waals surface area contributed by atoms with E-state index in [2.05, 4.69) is 37.1 Å². The Morgan fingerprint density at radius 3 is 2.62 bits per heavy atom. The molecule has 1 saturated heterocycles. The van der Waals surface area contributed by atoms with Crippen LogP contribution in [0.3, 0.4) is 0 Å².